The minimum atomic E-state index is -0.0457. The molecule has 16 heavy (non-hydrogen) atoms. The molecule has 1 rings (SSSR count). The summed E-state index contributed by atoms with van der Waals surface area (Å²) in [6.07, 6.45) is 0. The fourth-order valence-corrected chi connectivity index (χ4v) is 1.22. The van der Waals surface area contributed by atoms with Gasteiger partial charge in [-0.15, -0.1) is 0 Å². The van der Waals surface area contributed by atoms with E-state index >= 15 is 0 Å². The van der Waals surface area contributed by atoms with E-state index in [4.69, 9.17) is 9.47 Å². The number of hydrogen-bond donors (Lipinski definition) is 1. The molecule has 3 heteroatoms. The molecule has 0 fully saturated rings. The van der Waals surface area contributed by atoms with Crippen molar-refractivity contribution in [2.75, 3.05) is 20.8 Å². The Bertz CT molecular complexity index is 348. The summed E-state index contributed by atoms with van der Waals surface area (Å²) in [4.78, 5) is 0. The van der Waals surface area contributed by atoms with Crippen LogP contribution in [0.3, 0.4) is 0 Å². The van der Waals surface area contributed by atoms with Crippen LogP contribution in [0.1, 0.15) is 19.4 Å². The summed E-state index contributed by atoms with van der Waals surface area (Å²) in [5.41, 5.74) is 1.12. The topological polar surface area (TPSA) is 30.5 Å². The highest BCUT2D eigenvalue weighted by atomic mass is 16.5. The van der Waals surface area contributed by atoms with Gasteiger partial charge in [0.15, 0.2) is 11.5 Å². The van der Waals surface area contributed by atoms with Crippen LogP contribution in [0.5, 0.6) is 11.5 Å². The molecule has 0 saturated heterocycles. The van der Waals surface area contributed by atoms with Crippen molar-refractivity contribution in [3.8, 4) is 11.5 Å². The van der Waals surface area contributed by atoms with Gasteiger partial charge in [-0.25, -0.2) is 0 Å². The quantitative estimate of drug-likeness (QED) is 0.831. The monoisotopic (exact) mass is 223 g/mol. The highest BCUT2D eigenvalue weighted by Gasteiger charge is 2.16. The zero-order valence-electron chi connectivity index (χ0n) is 10.8. The molecular weight excluding hydrogens is 202 g/mol. The SMILES string of the molecule is CNC(C)(C)COc1ccc(C)cc1OC. The van der Waals surface area contributed by atoms with E-state index in [1.54, 1.807) is 7.11 Å². The van der Waals surface area contributed by atoms with Crippen LogP contribution in [0.2, 0.25) is 0 Å². The average molecular weight is 223 g/mol. The Labute approximate surface area is 97.8 Å². The molecule has 0 aliphatic heterocycles. The van der Waals surface area contributed by atoms with Gasteiger partial charge in [-0.3, -0.25) is 0 Å². The Morgan fingerprint density at radius 3 is 2.50 bits per heavy atom. The lowest BCUT2D eigenvalue weighted by Gasteiger charge is -2.24. The van der Waals surface area contributed by atoms with Gasteiger partial charge in [-0.1, -0.05) is 6.07 Å². The highest BCUT2D eigenvalue weighted by molar-refractivity contribution is 5.42. The molecule has 0 unspecified atom stereocenters. The molecule has 3 nitrogen and oxygen atoms in total. The van der Waals surface area contributed by atoms with Gasteiger partial charge >= 0.3 is 0 Å². The fourth-order valence-electron chi connectivity index (χ4n) is 1.22. The van der Waals surface area contributed by atoms with Gasteiger partial charge in [0.1, 0.15) is 6.61 Å². The summed E-state index contributed by atoms with van der Waals surface area (Å²) < 4.78 is 11.0. The summed E-state index contributed by atoms with van der Waals surface area (Å²) >= 11 is 0. The van der Waals surface area contributed by atoms with Gasteiger partial charge in [-0.2, -0.15) is 0 Å². The largest absolute Gasteiger partial charge is 0.493 e. The lowest BCUT2D eigenvalue weighted by Crippen LogP contribution is -2.42. The number of aryl methyl sites for hydroxylation is 1. The predicted octanol–water partition coefficient (Wildman–Crippen LogP) is 2.38. The maximum Gasteiger partial charge on any atom is 0.161 e. The van der Waals surface area contributed by atoms with E-state index in [1.807, 2.05) is 32.2 Å². The van der Waals surface area contributed by atoms with Crippen molar-refractivity contribution in [3.05, 3.63) is 23.8 Å². The van der Waals surface area contributed by atoms with Crippen LogP contribution in [0, 0.1) is 6.92 Å². The third-order valence-corrected chi connectivity index (χ3v) is 2.58. The van der Waals surface area contributed by atoms with Gasteiger partial charge in [0.2, 0.25) is 0 Å². The van der Waals surface area contributed by atoms with Crippen LogP contribution in [-0.2, 0) is 0 Å². The molecule has 0 bridgehead atoms. The second-order valence-corrected chi connectivity index (χ2v) is 4.58. The molecule has 0 aliphatic carbocycles. The first kappa shape index (κ1) is 12.8. The molecule has 0 radical (unpaired) electrons. The highest BCUT2D eigenvalue weighted by Crippen LogP contribution is 2.28. The lowest BCUT2D eigenvalue weighted by molar-refractivity contribution is 0.210. The molecule has 0 aromatic heterocycles. The van der Waals surface area contributed by atoms with Crippen molar-refractivity contribution in [2.45, 2.75) is 26.3 Å². The smallest absolute Gasteiger partial charge is 0.161 e. The van der Waals surface area contributed by atoms with E-state index in [1.165, 1.54) is 0 Å². The first-order chi connectivity index (χ1) is 7.48. The minimum Gasteiger partial charge on any atom is -0.493 e. The summed E-state index contributed by atoms with van der Waals surface area (Å²) in [5.74, 6) is 1.57. The van der Waals surface area contributed by atoms with Crippen LogP contribution < -0.4 is 14.8 Å². The van der Waals surface area contributed by atoms with Gasteiger partial charge in [0, 0.05) is 5.54 Å². The summed E-state index contributed by atoms with van der Waals surface area (Å²) in [6, 6.07) is 5.94. The Hall–Kier alpha value is -1.22. The van der Waals surface area contributed by atoms with Crippen molar-refractivity contribution in [3.63, 3.8) is 0 Å². The van der Waals surface area contributed by atoms with Crippen molar-refractivity contribution >= 4 is 0 Å². The number of likely N-dealkylation sites (N-methyl/N-ethyl adjacent to an activating group) is 1. The van der Waals surface area contributed by atoms with E-state index in [0.29, 0.717) is 6.61 Å². The van der Waals surface area contributed by atoms with Crippen molar-refractivity contribution in [1.82, 2.24) is 5.32 Å². The predicted molar refractivity (Wildman–Crippen MR) is 66.4 cm³/mol. The molecule has 1 N–H and O–H groups in total. The number of nitrogens with one attached hydrogen (secondary N) is 1. The van der Waals surface area contributed by atoms with E-state index in [0.717, 1.165) is 17.1 Å². The number of hydrogen-bond acceptors (Lipinski definition) is 3. The molecule has 0 amide bonds. The molecule has 90 valence electrons. The van der Waals surface area contributed by atoms with Crippen LogP contribution in [0.25, 0.3) is 0 Å². The third-order valence-electron chi connectivity index (χ3n) is 2.58. The zero-order chi connectivity index (χ0) is 12.2. The van der Waals surface area contributed by atoms with E-state index in [-0.39, 0.29) is 5.54 Å². The van der Waals surface area contributed by atoms with Crippen molar-refractivity contribution in [2.24, 2.45) is 0 Å². The Morgan fingerprint density at radius 2 is 1.94 bits per heavy atom. The first-order valence-electron chi connectivity index (χ1n) is 5.45. The molecule has 0 heterocycles. The fraction of sp³-hybridized carbons (Fsp3) is 0.538. The number of methoxy groups -OCH3 is 1. The first-order valence-corrected chi connectivity index (χ1v) is 5.45. The van der Waals surface area contributed by atoms with Crippen molar-refractivity contribution in [1.29, 1.82) is 0 Å². The number of benzene rings is 1. The number of rotatable bonds is 5. The van der Waals surface area contributed by atoms with Crippen molar-refractivity contribution < 1.29 is 9.47 Å². The van der Waals surface area contributed by atoms with Crippen LogP contribution in [0.15, 0.2) is 18.2 Å². The number of ether oxygens (including phenoxy) is 2. The molecule has 0 saturated carbocycles. The minimum absolute atomic E-state index is 0.0457. The van der Waals surface area contributed by atoms with Crippen LogP contribution in [-0.4, -0.2) is 26.3 Å². The van der Waals surface area contributed by atoms with E-state index in [9.17, 15) is 0 Å². The maximum absolute atomic E-state index is 5.75. The molecule has 1 aromatic carbocycles. The average Bonchev–Trinajstić information content (AvgIpc) is 2.27. The summed E-state index contributed by atoms with van der Waals surface area (Å²) in [6.45, 7) is 6.81. The lowest BCUT2D eigenvalue weighted by atomic mass is 10.1. The van der Waals surface area contributed by atoms with Gasteiger partial charge in [0.05, 0.1) is 7.11 Å². The molecule has 0 aliphatic rings. The van der Waals surface area contributed by atoms with Crippen LogP contribution in [0.4, 0.5) is 0 Å². The third kappa shape index (κ3) is 3.42. The molecule has 1 aromatic rings. The Morgan fingerprint density at radius 1 is 1.25 bits per heavy atom. The van der Waals surface area contributed by atoms with Gasteiger partial charge in [0.25, 0.3) is 0 Å². The molecular formula is C13H21NO2. The normalized spacial score (nSPS) is 11.3. The van der Waals surface area contributed by atoms with E-state index < -0.39 is 0 Å². The van der Waals surface area contributed by atoms with Crippen LogP contribution >= 0.6 is 0 Å². The zero-order valence-corrected chi connectivity index (χ0v) is 10.8. The van der Waals surface area contributed by atoms with Gasteiger partial charge < -0.3 is 14.8 Å². The standard InChI is InChI=1S/C13H21NO2/c1-10-6-7-11(12(8-10)15-5)16-9-13(2,3)14-4/h6-8,14H,9H2,1-5H3. The Kier molecular flexibility index (Phi) is 4.19. The molecule has 0 spiro atoms. The Balaban J connectivity index is 2.74. The summed E-state index contributed by atoms with van der Waals surface area (Å²) in [5, 5.41) is 3.19. The maximum atomic E-state index is 5.75. The second kappa shape index (κ2) is 5.21. The second-order valence-electron chi connectivity index (χ2n) is 4.58. The summed E-state index contributed by atoms with van der Waals surface area (Å²) in [7, 11) is 3.58. The van der Waals surface area contributed by atoms with Gasteiger partial charge in [-0.05, 0) is 45.5 Å². The molecule has 0 atom stereocenters. The van der Waals surface area contributed by atoms with E-state index in [2.05, 4.69) is 19.2 Å².